The van der Waals surface area contributed by atoms with Gasteiger partial charge in [0.05, 0.1) is 11.7 Å². The van der Waals surface area contributed by atoms with E-state index in [-0.39, 0.29) is 11.4 Å². The molecular formula is C18H19BrFN3. The Bertz CT molecular complexity index is 734. The predicted octanol–water partition coefficient (Wildman–Crippen LogP) is 4.77. The second-order valence-electron chi connectivity index (χ2n) is 7.79. The zero-order valence-corrected chi connectivity index (χ0v) is 14.5. The molecule has 1 aromatic carbocycles. The molecule has 0 N–H and O–H groups in total. The fourth-order valence-electron chi connectivity index (χ4n) is 5.62. The van der Waals surface area contributed by atoms with Crippen molar-refractivity contribution in [1.29, 1.82) is 0 Å². The Morgan fingerprint density at radius 3 is 2.35 bits per heavy atom. The topological polar surface area (TPSA) is 30.7 Å². The minimum Gasteiger partial charge on any atom is -0.206 e. The van der Waals surface area contributed by atoms with Gasteiger partial charge in [-0.15, -0.1) is 0 Å². The molecule has 0 unspecified atom stereocenters. The van der Waals surface area contributed by atoms with Crippen LogP contribution in [-0.4, -0.2) is 15.0 Å². The van der Waals surface area contributed by atoms with Crippen LogP contribution in [0.5, 0.6) is 0 Å². The molecule has 2 aromatic rings. The Morgan fingerprint density at radius 1 is 1.09 bits per heavy atom. The molecule has 0 spiro atoms. The molecule has 4 aliphatic carbocycles. The molecular weight excluding hydrogens is 357 g/mol. The van der Waals surface area contributed by atoms with Crippen molar-refractivity contribution in [3.63, 3.8) is 0 Å². The Hall–Kier alpha value is -1.23. The predicted molar refractivity (Wildman–Crippen MR) is 89.3 cm³/mol. The number of aromatic nitrogens is 3. The van der Waals surface area contributed by atoms with Gasteiger partial charge in [-0.1, -0.05) is 15.9 Å². The van der Waals surface area contributed by atoms with Gasteiger partial charge < -0.3 is 0 Å². The minimum absolute atomic E-state index is 0.0961. The number of rotatable bonds is 2. The molecule has 0 atom stereocenters. The highest BCUT2D eigenvalue weighted by molar-refractivity contribution is 9.10. The van der Waals surface area contributed by atoms with Crippen LogP contribution in [0.15, 0.2) is 28.9 Å². The molecule has 6 rings (SSSR count). The van der Waals surface area contributed by atoms with Crippen LogP contribution in [0, 0.1) is 23.6 Å². The number of hydrogen-bond donors (Lipinski definition) is 0. The normalized spacial score (nSPS) is 35.0. The van der Waals surface area contributed by atoms with E-state index in [2.05, 4.69) is 21.0 Å². The summed E-state index contributed by atoms with van der Waals surface area (Å²) in [6, 6.07) is 5.11. The Balaban J connectivity index is 1.52. The van der Waals surface area contributed by atoms with E-state index in [1.165, 1.54) is 44.6 Å². The summed E-state index contributed by atoms with van der Waals surface area (Å²) in [6.07, 6.45) is 9.53. The van der Waals surface area contributed by atoms with Crippen LogP contribution in [0.25, 0.3) is 11.3 Å². The van der Waals surface area contributed by atoms with Gasteiger partial charge in [0.1, 0.15) is 11.5 Å². The maximum absolute atomic E-state index is 14.2. The molecule has 23 heavy (non-hydrogen) atoms. The summed E-state index contributed by atoms with van der Waals surface area (Å²) in [5.41, 5.74) is 1.27. The zero-order valence-electron chi connectivity index (χ0n) is 12.9. The van der Waals surface area contributed by atoms with Crippen molar-refractivity contribution in [2.45, 2.75) is 44.1 Å². The zero-order chi connectivity index (χ0) is 15.6. The lowest BCUT2D eigenvalue weighted by Crippen LogP contribution is -2.52. The maximum Gasteiger partial charge on any atom is 0.133 e. The van der Waals surface area contributed by atoms with Crippen molar-refractivity contribution >= 4 is 15.9 Å². The molecule has 0 saturated heterocycles. The fourth-order valence-corrected chi connectivity index (χ4v) is 5.96. The van der Waals surface area contributed by atoms with Gasteiger partial charge in [0.2, 0.25) is 0 Å². The second-order valence-corrected chi connectivity index (χ2v) is 8.70. The molecule has 4 bridgehead atoms. The molecule has 120 valence electrons. The third kappa shape index (κ3) is 2.19. The van der Waals surface area contributed by atoms with Crippen LogP contribution < -0.4 is 0 Å². The number of hydrogen-bond acceptors (Lipinski definition) is 2. The van der Waals surface area contributed by atoms with Gasteiger partial charge in [0, 0.05) is 10.0 Å². The van der Waals surface area contributed by atoms with E-state index in [1.807, 2.05) is 10.9 Å². The van der Waals surface area contributed by atoms with E-state index in [0.29, 0.717) is 11.3 Å². The Kier molecular flexibility index (Phi) is 3.00. The van der Waals surface area contributed by atoms with Crippen molar-refractivity contribution < 1.29 is 4.39 Å². The summed E-state index contributed by atoms with van der Waals surface area (Å²) in [5.74, 6) is 2.29. The largest absolute Gasteiger partial charge is 0.206 e. The van der Waals surface area contributed by atoms with E-state index in [0.717, 1.165) is 22.2 Å². The summed E-state index contributed by atoms with van der Waals surface area (Å²) < 4.78 is 14.9. The number of nitrogens with zero attached hydrogens (tertiary/aromatic N) is 3. The van der Waals surface area contributed by atoms with E-state index in [1.54, 1.807) is 12.3 Å². The molecule has 0 aliphatic heterocycles. The van der Waals surface area contributed by atoms with E-state index >= 15 is 0 Å². The second kappa shape index (κ2) is 4.88. The fraction of sp³-hybridized carbons (Fsp3) is 0.556. The van der Waals surface area contributed by atoms with Crippen LogP contribution in [-0.2, 0) is 5.54 Å². The van der Waals surface area contributed by atoms with E-state index in [9.17, 15) is 4.39 Å². The highest BCUT2D eigenvalue weighted by Crippen LogP contribution is 2.58. The first-order chi connectivity index (χ1) is 11.1. The molecule has 4 saturated carbocycles. The van der Waals surface area contributed by atoms with Gasteiger partial charge in [0.25, 0.3) is 0 Å². The summed E-state index contributed by atoms with van der Waals surface area (Å²) >= 11 is 3.30. The number of halogens is 2. The smallest absolute Gasteiger partial charge is 0.133 e. The Labute approximate surface area is 143 Å². The van der Waals surface area contributed by atoms with Gasteiger partial charge in [-0.25, -0.2) is 4.39 Å². The van der Waals surface area contributed by atoms with Gasteiger partial charge >= 0.3 is 0 Å². The molecule has 5 heteroatoms. The standard InChI is InChI=1S/C18H19BrFN3/c19-14-1-2-15(16(20)6-14)17-10-21-23(22-17)18-7-11-3-12(8-18)5-13(4-11)9-18/h1-2,6,10-13H,3-5,7-9H2. The van der Waals surface area contributed by atoms with Gasteiger partial charge in [0.15, 0.2) is 0 Å². The van der Waals surface area contributed by atoms with E-state index in [4.69, 9.17) is 5.10 Å². The average Bonchev–Trinajstić information content (AvgIpc) is 2.96. The molecule has 3 nitrogen and oxygen atoms in total. The summed E-state index contributed by atoms with van der Waals surface area (Å²) in [4.78, 5) is 1.94. The van der Waals surface area contributed by atoms with Crippen molar-refractivity contribution in [2.75, 3.05) is 0 Å². The third-order valence-corrected chi connectivity index (χ3v) is 6.62. The number of benzene rings is 1. The quantitative estimate of drug-likeness (QED) is 0.756. The minimum atomic E-state index is -0.253. The van der Waals surface area contributed by atoms with Crippen LogP contribution >= 0.6 is 15.9 Å². The summed E-state index contributed by atoms with van der Waals surface area (Å²) in [5, 5.41) is 9.28. The molecule has 1 aromatic heterocycles. The first-order valence-electron chi connectivity index (χ1n) is 8.49. The van der Waals surface area contributed by atoms with Crippen molar-refractivity contribution in [3.8, 4) is 11.3 Å². The maximum atomic E-state index is 14.2. The summed E-state index contributed by atoms with van der Waals surface area (Å²) in [6.45, 7) is 0. The SMILES string of the molecule is Fc1cc(Br)ccc1-c1cnn(C23CC4CC(CC(C4)C2)C3)n1. The molecule has 0 radical (unpaired) electrons. The highest BCUT2D eigenvalue weighted by Gasteiger charge is 2.53. The lowest BCUT2D eigenvalue weighted by molar-refractivity contribution is -0.0566. The van der Waals surface area contributed by atoms with E-state index < -0.39 is 0 Å². The molecule has 4 fully saturated rings. The third-order valence-electron chi connectivity index (χ3n) is 6.13. The average molecular weight is 376 g/mol. The molecule has 1 heterocycles. The first-order valence-corrected chi connectivity index (χ1v) is 9.29. The van der Waals surface area contributed by atoms with Crippen LogP contribution in [0.3, 0.4) is 0 Å². The van der Waals surface area contributed by atoms with Crippen LogP contribution in [0.2, 0.25) is 0 Å². The van der Waals surface area contributed by atoms with Gasteiger partial charge in [-0.3, -0.25) is 0 Å². The van der Waals surface area contributed by atoms with Crippen LogP contribution in [0.1, 0.15) is 38.5 Å². The molecule has 0 amide bonds. The Morgan fingerprint density at radius 2 is 1.74 bits per heavy atom. The van der Waals surface area contributed by atoms with Gasteiger partial charge in [-0.05, 0) is 74.5 Å². The van der Waals surface area contributed by atoms with Crippen molar-refractivity contribution in [3.05, 3.63) is 34.7 Å². The van der Waals surface area contributed by atoms with Crippen molar-refractivity contribution in [2.24, 2.45) is 17.8 Å². The van der Waals surface area contributed by atoms with Gasteiger partial charge in [-0.2, -0.15) is 15.0 Å². The molecule has 4 aliphatic rings. The summed E-state index contributed by atoms with van der Waals surface area (Å²) in [7, 11) is 0. The highest BCUT2D eigenvalue weighted by atomic mass is 79.9. The lowest BCUT2D eigenvalue weighted by Gasteiger charge is -2.55. The lowest BCUT2D eigenvalue weighted by atomic mass is 9.53. The first kappa shape index (κ1) is 14.1. The monoisotopic (exact) mass is 375 g/mol. The van der Waals surface area contributed by atoms with Crippen molar-refractivity contribution in [1.82, 2.24) is 15.0 Å². The van der Waals surface area contributed by atoms with Crippen LogP contribution in [0.4, 0.5) is 4.39 Å².